The summed E-state index contributed by atoms with van der Waals surface area (Å²) in [6.45, 7) is 3.60. The van der Waals surface area contributed by atoms with Gasteiger partial charge in [-0.15, -0.1) is 0 Å². The number of nitrogens with one attached hydrogen (secondary N) is 1. The molecule has 1 N–H and O–H groups in total. The SMILES string of the molecule is CC[C@H](NC(C)=O)c1cccc(Br)c1. The summed E-state index contributed by atoms with van der Waals surface area (Å²) in [7, 11) is 0. The van der Waals surface area contributed by atoms with E-state index in [2.05, 4.69) is 28.2 Å². The topological polar surface area (TPSA) is 29.1 Å². The maximum Gasteiger partial charge on any atom is 0.217 e. The molecule has 0 fully saturated rings. The Labute approximate surface area is 92.8 Å². The lowest BCUT2D eigenvalue weighted by Gasteiger charge is -2.16. The monoisotopic (exact) mass is 255 g/mol. The molecule has 0 aromatic heterocycles. The van der Waals surface area contributed by atoms with Crippen molar-refractivity contribution < 1.29 is 4.79 Å². The van der Waals surface area contributed by atoms with Gasteiger partial charge in [-0.2, -0.15) is 0 Å². The molecule has 1 rings (SSSR count). The van der Waals surface area contributed by atoms with E-state index in [0.29, 0.717) is 0 Å². The number of carbonyl (C=O) groups is 1. The van der Waals surface area contributed by atoms with Crippen molar-refractivity contribution in [2.75, 3.05) is 0 Å². The molecule has 0 heterocycles. The first-order valence-electron chi connectivity index (χ1n) is 4.66. The van der Waals surface area contributed by atoms with Crippen molar-refractivity contribution >= 4 is 21.8 Å². The van der Waals surface area contributed by atoms with Gasteiger partial charge in [0.15, 0.2) is 0 Å². The second-order valence-corrected chi connectivity index (χ2v) is 4.13. The first-order chi connectivity index (χ1) is 6.63. The molecular weight excluding hydrogens is 242 g/mol. The fraction of sp³-hybridized carbons (Fsp3) is 0.364. The molecule has 0 bridgehead atoms. The first-order valence-corrected chi connectivity index (χ1v) is 5.45. The van der Waals surface area contributed by atoms with E-state index in [9.17, 15) is 4.79 Å². The maximum absolute atomic E-state index is 10.9. The van der Waals surface area contributed by atoms with Crippen LogP contribution in [0.15, 0.2) is 28.7 Å². The highest BCUT2D eigenvalue weighted by Gasteiger charge is 2.09. The van der Waals surface area contributed by atoms with Crippen LogP contribution >= 0.6 is 15.9 Å². The molecule has 2 nitrogen and oxygen atoms in total. The summed E-state index contributed by atoms with van der Waals surface area (Å²) in [4.78, 5) is 10.9. The second kappa shape index (κ2) is 5.15. The summed E-state index contributed by atoms with van der Waals surface area (Å²) in [5.41, 5.74) is 1.14. The average molecular weight is 256 g/mol. The zero-order valence-electron chi connectivity index (χ0n) is 8.38. The smallest absolute Gasteiger partial charge is 0.217 e. The fourth-order valence-electron chi connectivity index (χ4n) is 1.39. The number of hydrogen-bond donors (Lipinski definition) is 1. The predicted octanol–water partition coefficient (Wildman–Crippen LogP) is 3.04. The highest BCUT2D eigenvalue weighted by atomic mass is 79.9. The van der Waals surface area contributed by atoms with E-state index in [1.54, 1.807) is 6.92 Å². The summed E-state index contributed by atoms with van der Waals surface area (Å²) in [6, 6.07) is 8.12. The first kappa shape index (κ1) is 11.2. The highest BCUT2D eigenvalue weighted by molar-refractivity contribution is 9.10. The van der Waals surface area contributed by atoms with Crippen molar-refractivity contribution in [3.05, 3.63) is 34.3 Å². The minimum absolute atomic E-state index is 0.0109. The van der Waals surface area contributed by atoms with Gasteiger partial charge in [0, 0.05) is 11.4 Å². The summed E-state index contributed by atoms with van der Waals surface area (Å²) in [5.74, 6) is 0.0109. The van der Waals surface area contributed by atoms with Gasteiger partial charge in [-0.25, -0.2) is 0 Å². The molecular formula is C11H14BrNO. The Kier molecular flexibility index (Phi) is 4.14. The second-order valence-electron chi connectivity index (χ2n) is 3.22. The van der Waals surface area contributed by atoms with Crippen LogP contribution < -0.4 is 5.32 Å². The van der Waals surface area contributed by atoms with Crippen molar-refractivity contribution in [1.82, 2.24) is 5.32 Å². The Morgan fingerprint density at radius 2 is 2.29 bits per heavy atom. The molecule has 0 aliphatic carbocycles. The molecule has 14 heavy (non-hydrogen) atoms. The molecule has 0 aliphatic rings. The predicted molar refractivity (Wildman–Crippen MR) is 61.0 cm³/mol. The Hall–Kier alpha value is -0.830. The molecule has 0 spiro atoms. The molecule has 3 heteroatoms. The number of amides is 1. The van der Waals surface area contributed by atoms with Gasteiger partial charge in [0.2, 0.25) is 5.91 Å². The van der Waals surface area contributed by atoms with Gasteiger partial charge in [-0.3, -0.25) is 4.79 Å². The van der Waals surface area contributed by atoms with Crippen LogP contribution in [0.1, 0.15) is 31.9 Å². The van der Waals surface area contributed by atoms with Crippen molar-refractivity contribution in [1.29, 1.82) is 0 Å². The van der Waals surface area contributed by atoms with Gasteiger partial charge >= 0.3 is 0 Å². The average Bonchev–Trinajstić information content (AvgIpc) is 2.14. The van der Waals surface area contributed by atoms with E-state index in [1.165, 1.54) is 0 Å². The van der Waals surface area contributed by atoms with Gasteiger partial charge in [0.1, 0.15) is 0 Å². The molecule has 0 aliphatic heterocycles. The van der Waals surface area contributed by atoms with Crippen LogP contribution in [0.4, 0.5) is 0 Å². The van der Waals surface area contributed by atoms with Crippen LogP contribution in [0.3, 0.4) is 0 Å². The van der Waals surface area contributed by atoms with Crippen molar-refractivity contribution in [3.63, 3.8) is 0 Å². The van der Waals surface area contributed by atoms with Crippen molar-refractivity contribution in [3.8, 4) is 0 Å². The number of rotatable bonds is 3. The van der Waals surface area contributed by atoms with E-state index in [1.807, 2.05) is 24.3 Å². The van der Waals surface area contributed by atoms with E-state index in [0.717, 1.165) is 16.5 Å². The van der Waals surface area contributed by atoms with Crippen LogP contribution in [0.2, 0.25) is 0 Å². The van der Waals surface area contributed by atoms with Gasteiger partial charge in [0.05, 0.1) is 6.04 Å². The van der Waals surface area contributed by atoms with E-state index in [-0.39, 0.29) is 11.9 Å². The lowest BCUT2D eigenvalue weighted by molar-refractivity contribution is -0.119. The van der Waals surface area contributed by atoms with Gasteiger partial charge in [0.25, 0.3) is 0 Å². The summed E-state index contributed by atoms with van der Waals surface area (Å²) < 4.78 is 1.04. The zero-order chi connectivity index (χ0) is 10.6. The standard InChI is InChI=1S/C11H14BrNO/c1-3-11(13-8(2)14)9-5-4-6-10(12)7-9/h4-7,11H,3H2,1-2H3,(H,13,14)/t11-/m0/s1. The van der Waals surface area contributed by atoms with Gasteiger partial charge in [-0.05, 0) is 24.1 Å². The number of hydrogen-bond acceptors (Lipinski definition) is 1. The van der Waals surface area contributed by atoms with E-state index in [4.69, 9.17) is 0 Å². The molecule has 1 aromatic carbocycles. The Bertz CT molecular complexity index is 325. The third-order valence-electron chi connectivity index (χ3n) is 2.04. The minimum atomic E-state index is 0.0109. The quantitative estimate of drug-likeness (QED) is 0.884. The summed E-state index contributed by atoms with van der Waals surface area (Å²) >= 11 is 3.41. The number of halogens is 1. The largest absolute Gasteiger partial charge is 0.350 e. The fourth-order valence-corrected chi connectivity index (χ4v) is 1.81. The van der Waals surface area contributed by atoms with Crippen LogP contribution in [0.25, 0.3) is 0 Å². The summed E-state index contributed by atoms with van der Waals surface area (Å²) in [5, 5.41) is 2.91. The molecule has 1 aromatic rings. The molecule has 0 unspecified atom stereocenters. The van der Waals surface area contributed by atoms with Crippen LogP contribution in [0, 0.1) is 0 Å². The molecule has 0 radical (unpaired) electrons. The number of benzene rings is 1. The Balaban J connectivity index is 2.83. The molecule has 76 valence electrons. The van der Waals surface area contributed by atoms with E-state index >= 15 is 0 Å². The van der Waals surface area contributed by atoms with Crippen molar-refractivity contribution in [2.24, 2.45) is 0 Å². The molecule has 0 saturated heterocycles. The van der Waals surface area contributed by atoms with Crippen LogP contribution in [0.5, 0.6) is 0 Å². The Morgan fingerprint density at radius 3 is 2.79 bits per heavy atom. The highest BCUT2D eigenvalue weighted by Crippen LogP contribution is 2.20. The number of carbonyl (C=O) groups excluding carboxylic acids is 1. The van der Waals surface area contributed by atoms with Gasteiger partial charge < -0.3 is 5.32 Å². The Morgan fingerprint density at radius 1 is 1.57 bits per heavy atom. The zero-order valence-corrected chi connectivity index (χ0v) is 9.97. The van der Waals surface area contributed by atoms with Gasteiger partial charge in [-0.1, -0.05) is 35.0 Å². The molecule has 1 amide bonds. The normalized spacial score (nSPS) is 12.2. The maximum atomic E-state index is 10.9. The molecule has 1 atom stereocenters. The van der Waals surface area contributed by atoms with Crippen LogP contribution in [-0.2, 0) is 4.79 Å². The van der Waals surface area contributed by atoms with E-state index < -0.39 is 0 Å². The lowest BCUT2D eigenvalue weighted by atomic mass is 10.0. The minimum Gasteiger partial charge on any atom is -0.350 e. The lowest BCUT2D eigenvalue weighted by Crippen LogP contribution is -2.25. The third-order valence-corrected chi connectivity index (χ3v) is 2.53. The summed E-state index contributed by atoms with van der Waals surface area (Å²) in [6.07, 6.45) is 0.899. The van der Waals surface area contributed by atoms with Crippen molar-refractivity contribution in [2.45, 2.75) is 26.3 Å². The van der Waals surface area contributed by atoms with Crippen LogP contribution in [-0.4, -0.2) is 5.91 Å². The third kappa shape index (κ3) is 3.14. The molecule has 0 saturated carbocycles.